The number of morpholine rings is 1. The first kappa shape index (κ1) is 6.01. The molecule has 0 aromatic heterocycles. The molecule has 0 aliphatic carbocycles. The standard InChI is InChI=1S/C6H11NOS/c9-7-3-5-1-2-6(4-7)8-5/h5-6,9H,1-4H2. The minimum atomic E-state index is 0.487. The van der Waals surface area contributed by atoms with E-state index in [4.69, 9.17) is 4.74 Å². The number of nitrogens with zero attached hydrogens (tertiary/aromatic N) is 1. The second kappa shape index (κ2) is 2.15. The smallest absolute Gasteiger partial charge is 0.0716 e. The first-order valence-corrected chi connectivity index (χ1v) is 3.84. The summed E-state index contributed by atoms with van der Waals surface area (Å²) in [6.45, 7) is 2.03. The highest BCUT2D eigenvalue weighted by molar-refractivity contribution is 7.77. The number of hydrogen-bond donors (Lipinski definition) is 1. The van der Waals surface area contributed by atoms with Gasteiger partial charge in [-0.05, 0) is 12.8 Å². The second-order valence-corrected chi connectivity index (χ2v) is 3.39. The lowest BCUT2D eigenvalue weighted by atomic mass is 10.2. The second-order valence-electron chi connectivity index (χ2n) is 2.83. The highest BCUT2D eigenvalue weighted by Crippen LogP contribution is 2.26. The summed E-state index contributed by atoms with van der Waals surface area (Å²) in [6.07, 6.45) is 3.45. The number of thiol groups is 1. The molecule has 2 atom stereocenters. The van der Waals surface area contributed by atoms with Gasteiger partial charge in [0.2, 0.25) is 0 Å². The van der Waals surface area contributed by atoms with E-state index < -0.39 is 0 Å². The lowest BCUT2D eigenvalue weighted by molar-refractivity contribution is -0.00773. The molecular formula is C6H11NOS. The Morgan fingerprint density at radius 2 is 1.78 bits per heavy atom. The maximum absolute atomic E-state index is 5.58. The Morgan fingerprint density at radius 1 is 1.22 bits per heavy atom. The Labute approximate surface area is 60.7 Å². The van der Waals surface area contributed by atoms with Gasteiger partial charge in [-0.3, -0.25) is 0 Å². The van der Waals surface area contributed by atoms with Crippen molar-refractivity contribution >= 4 is 12.8 Å². The van der Waals surface area contributed by atoms with E-state index in [1.807, 2.05) is 0 Å². The van der Waals surface area contributed by atoms with E-state index in [1.54, 1.807) is 0 Å². The number of ether oxygens (including phenoxy) is 1. The lowest BCUT2D eigenvalue weighted by Gasteiger charge is -2.27. The van der Waals surface area contributed by atoms with Gasteiger partial charge in [-0.2, -0.15) is 0 Å². The molecule has 3 heteroatoms. The molecule has 0 aromatic rings. The average molecular weight is 145 g/mol. The third-order valence-corrected chi connectivity index (χ3v) is 2.35. The van der Waals surface area contributed by atoms with Gasteiger partial charge >= 0.3 is 0 Å². The SMILES string of the molecule is SN1CC2CCC(C1)O2. The van der Waals surface area contributed by atoms with Crippen LogP contribution in [-0.2, 0) is 4.74 Å². The molecule has 2 heterocycles. The minimum absolute atomic E-state index is 0.487. The van der Waals surface area contributed by atoms with Gasteiger partial charge in [-0.25, -0.2) is 4.31 Å². The van der Waals surface area contributed by atoms with Crippen LogP contribution < -0.4 is 0 Å². The number of rotatable bonds is 0. The summed E-state index contributed by atoms with van der Waals surface area (Å²) < 4.78 is 7.64. The molecule has 2 fully saturated rings. The van der Waals surface area contributed by atoms with E-state index >= 15 is 0 Å². The zero-order valence-corrected chi connectivity index (χ0v) is 6.18. The molecule has 2 rings (SSSR count). The van der Waals surface area contributed by atoms with Crippen molar-refractivity contribution in [2.24, 2.45) is 0 Å². The maximum Gasteiger partial charge on any atom is 0.0716 e. The molecule has 2 bridgehead atoms. The van der Waals surface area contributed by atoms with E-state index in [0.717, 1.165) is 13.1 Å². The van der Waals surface area contributed by atoms with Crippen LogP contribution in [0.3, 0.4) is 0 Å². The fourth-order valence-electron chi connectivity index (χ4n) is 1.59. The molecule has 2 nitrogen and oxygen atoms in total. The molecular weight excluding hydrogens is 134 g/mol. The van der Waals surface area contributed by atoms with Crippen molar-refractivity contribution in [3.8, 4) is 0 Å². The zero-order valence-electron chi connectivity index (χ0n) is 5.29. The van der Waals surface area contributed by atoms with Crippen LogP contribution in [0.1, 0.15) is 12.8 Å². The fraction of sp³-hybridized carbons (Fsp3) is 1.00. The Morgan fingerprint density at radius 3 is 2.33 bits per heavy atom. The van der Waals surface area contributed by atoms with E-state index in [0.29, 0.717) is 12.2 Å². The van der Waals surface area contributed by atoms with Gasteiger partial charge < -0.3 is 4.74 Å². The predicted molar refractivity (Wildman–Crippen MR) is 38.5 cm³/mol. The topological polar surface area (TPSA) is 12.5 Å². The van der Waals surface area contributed by atoms with E-state index in [-0.39, 0.29) is 0 Å². The normalized spacial score (nSPS) is 43.7. The van der Waals surface area contributed by atoms with Crippen LogP contribution in [-0.4, -0.2) is 29.6 Å². The Kier molecular flexibility index (Phi) is 1.43. The molecule has 0 N–H and O–H groups in total. The molecule has 0 spiro atoms. The molecule has 2 aliphatic heterocycles. The monoisotopic (exact) mass is 145 g/mol. The van der Waals surface area contributed by atoms with Gasteiger partial charge in [0, 0.05) is 13.1 Å². The van der Waals surface area contributed by atoms with Crippen molar-refractivity contribution in [3.63, 3.8) is 0 Å². The van der Waals surface area contributed by atoms with Crippen LogP contribution >= 0.6 is 12.8 Å². The fourth-order valence-corrected chi connectivity index (χ4v) is 1.96. The van der Waals surface area contributed by atoms with E-state index in [1.165, 1.54) is 12.8 Å². The summed E-state index contributed by atoms with van der Waals surface area (Å²) in [5, 5.41) is 0. The largest absolute Gasteiger partial charge is 0.372 e. The van der Waals surface area contributed by atoms with Gasteiger partial charge in [-0.1, -0.05) is 12.8 Å². The Balaban J connectivity index is 2.03. The van der Waals surface area contributed by atoms with Gasteiger partial charge in [-0.15, -0.1) is 0 Å². The van der Waals surface area contributed by atoms with Crippen molar-refractivity contribution in [2.45, 2.75) is 25.0 Å². The van der Waals surface area contributed by atoms with Gasteiger partial charge in [0.25, 0.3) is 0 Å². The van der Waals surface area contributed by atoms with Crippen LogP contribution in [0.15, 0.2) is 0 Å². The molecule has 52 valence electrons. The van der Waals surface area contributed by atoms with Crippen molar-refractivity contribution in [3.05, 3.63) is 0 Å². The zero-order chi connectivity index (χ0) is 6.27. The summed E-state index contributed by atoms with van der Waals surface area (Å²) in [7, 11) is 0. The average Bonchev–Trinajstić information content (AvgIpc) is 2.11. The third kappa shape index (κ3) is 1.09. The summed E-state index contributed by atoms with van der Waals surface area (Å²) in [5.74, 6) is 0. The van der Waals surface area contributed by atoms with Crippen LogP contribution in [0.2, 0.25) is 0 Å². The number of fused-ring (bicyclic) bond motifs is 2. The minimum Gasteiger partial charge on any atom is -0.372 e. The quantitative estimate of drug-likeness (QED) is 0.504. The molecule has 9 heavy (non-hydrogen) atoms. The summed E-state index contributed by atoms with van der Waals surface area (Å²) in [5.41, 5.74) is 0. The molecule has 0 amide bonds. The maximum atomic E-state index is 5.58. The summed E-state index contributed by atoms with van der Waals surface area (Å²) >= 11 is 4.27. The lowest BCUT2D eigenvalue weighted by Crippen LogP contribution is -2.36. The van der Waals surface area contributed by atoms with Crippen LogP contribution in [0, 0.1) is 0 Å². The van der Waals surface area contributed by atoms with Crippen molar-refractivity contribution in [2.75, 3.05) is 13.1 Å². The molecule has 0 aromatic carbocycles. The molecule has 2 unspecified atom stereocenters. The predicted octanol–water partition coefficient (Wildman–Crippen LogP) is 0.694. The highest BCUT2D eigenvalue weighted by Gasteiger charge is 2.32. The third-order valence-electron chi connectivity index (χ3n) is 2.02. The molecule has 2 aliphatic rings. The molecule has 2 saturated heterocycles. The van der Waals surface area contributed by atoms with Crippen LogP contribution in [0.5, 0.6) is 0 Å². The van der Waals surface area contributed by atoms with Crippen LogP contribution in [0.4, 0.5) is 0 Å². The number of hydrogen-bond acceptors (Lipinski definition) is 3. The van der Waals surface area contributed by atoms with E-state index in [2.05, 4.69) is 17.1 Å². The summed E-state index contributed by atoms with van der Waals surface area (Å²) in [6, 6.07) is 0. The Hall–Kier alpha value is 0.270. The van der Waals surface area contributed by atoms with Crippen LogP contribution in [0.25, 0.3) is 0 Å². The van der Waals surface area contributed by atoms with Gasteiger partial charge in [0.1, 0.15) is 0 Å². The highest BCUT2D eigenvalue weighted by atomic mass is 32.1. The molecule has 0 saturated carbocycles. The van der Waals surface area contributed by atoms with Crippen molar-refractivity contribution in [1.29, 1.82) is 0 Å². The van der Waals surface area contributed by atoms with E-state index in [9.17, 15) is 0 Å². The summed E-state index contributed by atoms with van der Waals surface area (Å²) in [4.78, 5) is 0. The first-order valence-electron chi connectivity index (χ1n) is 3.44. The Bertz CT molecular complexity index is 108. The van der Waals surface area contributed by atoms with Crippen molar-refractivity contribution in [1.82, 2.24) is 4.31 Å². The van der Waals surface area contributed by atoms with Gasteiger partial charge in [0.15, 0.2) is 0 Å². The first-order chi connectivity index (χ1) is 4.34. The van der Waals surface area contributed by atoms with Gasteiger partial charge in [0.05, 0.1) is 12.2 Å². The molecule has 0 radical (unpaired) electrons. The van der Waals surface area contributed by atoms with Crippen molar-refractivity contribution < 1.29 is 4.74 Å².